The summed E-state index contributed by atoms with van der Waals surface area (Å²) < 4.78 is 39.3. The van der Waals surface area contributed by atoms with Crippen LogP contribution in [0.2, 0.25) is 0 Å². The molecule has 4 nitrogen and oxygen atoms in total. The minimum Gasteiger partial charge on any atom is -0.263 e. The highest BCUT2D eigenvalue weighted by molar-refractivity contribution is 7.94. The van der Waals surface area contributed by atoms with E-state index in [0.29, 0.717) is 0 Å². The van der Waals surface area contributed by atoms with Crippen LogP contribution >= 0.6 is 11.3 Å². The fraction of sp³-hybridized carbons (Fsp3) is 0.182. The van der Waals surface area contributed by atoms with Crippen LogP contribution in [-0.2, 0) is 16.4 Å². The van der Waals surface area contributed by atoms with Gasteiger partial charge in [-0.1, -0.05) is 13.0 Å². The van der Waals surface area contributed by atoms with Crippen LogP contribution < -0.4 is 4.72 Å². The molecular formula is C11H11FN2O2S2. The molecule has 0 saturated carbocycles. The fourth-order valence-electron chi connectivity index (χ4n) is 1.35. The molecule has 7 heteroatoms. The first-order valence-electron chi connectivity index (χ1n) is 5.25. The molecule has 0 aromatic carbocycles. The number of halogens is 1. The molecule has 2 aromatic rings. The van der Waals surface area contributed by atoms with E-state index in [2.05, 4.69) is 9.71 Å². The van der Waals surface area contributed by atoms with E-state index in [0.717, 1.165) is 17.4 Å². The third-order valence-corrected chi connectivity index (χ3v) is 5.28. The number of sulfonamides is 1. The van der Waals surface area contributed by atoms with E-state index < -0.39 is 16.0 Å². The van der Waals surface area contributed by atoms with Gasteiger partial charge >= 0.3 is 0 Å². The Morgan fingerprint density at radius 1 is 1.33 bits per heavy atom. The number of thiophene rings is 1. The molecule has 0 unspecified atom stereocenters. The van der Waals surface area contributed by atoms with Crippen LogP contribution in [0, 0.1) is 5.95 Å². The van der Waals surface area contributed by atoms with Gasteiger partial charge in [0.25, 0.3) is 10.0 Å². The summed E-state index contributed by atoms with van der Waals surface area (Å²) in [5.41, 5.74) is 0. The molecular weight excluding hydrogens is 275 g/mol. The van der Waals surface area contributed by atoms with Crippen LogP contribution in [0.5, 0.6) is 0 Å². The predicted molar refractivity (Wildman–Crippen MR) is 68.7 cm³/mol. The zero-order valence-electron chi connectivity index (χ0n) is 9.55. The number of hydrogen-bond donors (Lipinski definition) is 1. The van der Waals surface area contributed by atoms with E-state index in [9.17, 15) is 12.8 Å². The highest BCUT2D eigenvalue weighted by Gasteiger charge is 2.17. The van der Waals surface area contributed by atoms with Gasteiger partial charge < -0.3 is 0 Å². The predicted octanol–water partition coefficient (Wildman–Crippen LogP) is 2.65. The minimum atomic E-state index is -3.68. The van der Waals surface area contributed by atoms with Crippen LogP contribution in [0.4, 0.5) is 10.2 Å². The Hall–Kier alpha value is -1.47. The van der Waals surface area contributed by atoms with Crippen molar-refractivity contribution < 1.29 is 12.8 Å². The Kier molecular flexibility index (Phi) is 3.63. The first kappa shape index (κ1) is 13.0. The van der Waals surface area contributed by atoms with Crippen molar-refractivity contribution in [2.45, 2.75) is 17.6 Å². The summed E-state index contributed by atoms with van der Waals surface area (Å²) in [7, 11) is -3.68. The van der Waals surface area contributed by atoms with Gasteiger partial charge in [0.15, 0.2) is 0 Å². The third kappa shape index (κ3) is 2.85. The van der Waals surface area contributed by atoms with Crippen LogP contribution in [0.15, 0.2) is 34.5 Å². The molecule has 0 fully saturated rings. The van der Waals surface area contributed by atoms with E-state index >= 15 is 0 Å². The van der Waals surface area contributed by atoms with E-state index in [1.165, 1.54) is 29.5 Å². The van der Waals surface area contributed by atoms with Crippen molar-refractivity contribution in [2.24, 2.45) is 0 Å². The van der Waals surface area contributed by atoms with Crippen molar-refractivity contribution in [3.05, 3.63) is 41.2 Å². The van der Waals surface area contributed by atoms with Crippen molar-refractivity contribution in [2.75, 3.05) is 4.72 Å². The highest BCUT2D eigenvalue weighted by Crippen LogP contribution is 2.23. The average Bonchev–Trinajstić information content (AvgIpc) is 2.77. The van der Waals surface area contributed by atoms with Gasteiger partial charge in [0.2, 0.25) is 5.95 Å². The molecule has 2 aromatic heterocycles. The summed E-state index contributed by atoms with van der Waals surface area (Å²) in [4.78, 5) is 4.43. The van der Waals surface area contributed by atoms with Crippen molar-refractivity contribution in [1.29, 1.82) is 0 Å². The molecule has 2 heterocycles. The fourth-order valence-corrected chi connectivity index (χ4v) is 3.64. The smallest absolute Gasteiger partial charge is 0.263 e. The molecule has 0 spiro atoms. The van der Waals surface area contributed by atoms with Gasteiger partial charge in [0.05, 0.1) is 0 Å². The SMILES string of the molecule is CCc1ccc(S(=O)(=O)Nc2cccc(F)n2)s1. The molecule has 0 bridgehead atoms. The maximum absolute atomic E-state index is 12.9. The summed E-state index contributed by atoms with van der Waals surface area (Å²) in [6.45, 7) is 1.95. The van der Waals surface area contributed by atoms with Crippen LogP contribution in [0.3, 0.4) is 0 Å². The number of nitrogens with zero attached hydrogens (tertiary/aromatic N) is 1. The second kappa shape index (κ2) is 5.03. The summed E-state index contributed by atoms with van der Waals surface area (Å²) >= 11 is 1.19. The van der Waals surface area contributed by atoms with E-state index in [4.69, 9.17) is 0 Å². The Labute approximate surface area is 109 Å². The summed E-state index contributed by atoms with van der Waals surface area (Å²) in [6, 6.07) is 7.24. The molecule has 0 radical (unpaired) electrons. The molecule has 18 heavy (non-hydrogen) atoms. The maximum Gasteiger partial charge on any atom is 0.272 e. The van der Waals surface area contributed by atoms with Crippen LogP contribution in [-0.4, -0.2) is 13.4 Å². The average molecular weight is 286 g/mol. The molecule has 0 amide bonds. The quantitative estimate of drug-likeness (QED) is 0.879. The standard InChI is InChI=1S/C11H11FN2O2S2/c1-2-8-6-7-11(17-8)18(15,16)14-10-5-3-4-9(12)13-10/h3-7H,2H2,1H3,(H,13,14). The number of nitrogens with one attached hydrogen (secondary N) is 1. The lowest BCUT2D eigenvalue weighted by Crippen LogP contribution is -2.12. The first-order chi connectivity index (χ1) is 8.51. The molecule has 1 N–H and O–H groups in total. The normalized spacial score (nSPS) is 11.4. The third-order valence-electron chi connectivity index (χ3n) is 2.20. The van der Waals surface area contributed by atoms with E-state index in [1.54, 1.807) is 6.07 Å². The zero-order chi connectivity index (χ0) is 13.2. The van der Waals surface area contributed by atoms with Crippen molar-refractivity contribution in [3.8, 4) is 0 Å². The molecule has 0 saturated heterocycles. The molecule has 2 rings (SSSR count). The molecule has 96 valence electrons. The maximum atomic E-state index is 12.9. The number of hydrogen-bond acceptors (Lipinski definition) is 4. The number of pyridine rings is 1. The summed E-state index contributed by atoms with van der Waals surface area (Å²) in [5.74, 6) is -0.753. The minimum absolute atomic E-state index is 0.0264. The second-order valence-corrected chi connectivity index (χ2v) is 6.60. The van der Waals surface area contributed by atoms with Crippen molar-refractivity contribution >= 4 is 27.2 Å². The molecule has 0 aliphatic rings. The van der Waals surface area contributed by atoms with Gasteiger partial charge in [-0.2, -0.15) is 4.39 Å². The summed E-state index contributed by atoms with van der Waals surface area (Å²) in [5, 5.41) is 0. The van der Waals surface area contributed by atoms with Gasteiger partial charge in [-0.05, 0) is 30.7 Å². The van der Waals surface area contributed by atoms with Gasteiger partial charge in [-0.25, -0.2) is 13.4 Å². The van der Waals surface area contributed by atoms with Gasteiger partial charge in [0, 0.05) is 4.88 Å². The Morgan fingerprint density at radius 3 is 2.72 bits per heavy atom. The Morgan fingerprint density at radius 2 is 2.11 bits per heavy atom. The second-order valence-electron chi connectivity index (χ2n) is 3.53. The number of rotatable bonds is 4. The number of aryl methyl sites for hydroxylation is 1. The van der Waals surface area contributed by atoms with E-state index in [-0.39, 0.29) is 10.0 Å². The zero-order valence-corrected chi connectivity index (χ0v) is 11.2. The van der Waals surface area contributed by atoms with Crippen molar-refractivity contribution in [3.63, 3.8) is 0 Å². The van der Waals surface area contributed by atoms with E-state index in [1.807, 2.05) is 6.92 Å². The van der Waals surface area contributed by atoms with Crippen molar-refractivity contribution in [1.82, 2.24) is 4.98 Å². The lowest BCUT2D eigenvalue weighted by atomic mass is 10.4. The number of aromatic nitrogens is 1. The topological polar surface area (TPSA) is 59.1 Å². The van der Waals surface area contributed by atoms with Gasteiger partial charge in [0.1, 0.15) is 10.0 Å². The molecule has 0 aliphatic heterocycles. The first-order valence-corrected chi connectivity index (χ1v) is 7.55. The van der Waals surface area contributed by atoms with Gasteiger partial charge in [-0.3, -0.25) is 4.72 Å². The van der Waals surface area contributed by atoms with Gasteiger partial charge in [-0.15, -0.1) is 11.3 Å². The Bertz CT molecular complexity index is 653. The number of anilines is 1. The highest BCUT2D eigenvalue weighted by atomic mass is 32.2. The van der Waals surface area contributed by atoms with Crippen LogP contribution in [0.25, 0.3) is 0 Å². The largest absolute Gasteiger partial charge is 0.272 e. The van der Waals surface area contributed by atoms with Crippen LogP contribution in [0.1, 0.15) is 11.8 Å². The lowest BCUT2D eigenvalue weighted by Gasteiger charge is -2.04. The molecule has 0 atom stereocenters. The lowest BCUT2D eigenvalue weighted by molar-refractivity contribution is 0.585. The summed E-state index contributed by atoms with van der Waals surface area (Å²) in [6.07, 6.45) is 0.776. The molecule has 0 aliphatic carbocycles. The Balaban J connectivity index is 2.27. The monoisotopic (exact) mass is 286 g/mol.